The number of aromatic nitrogens is 2. The lowest BCUT2D eigenvalue weighted by atomic mass is 10.1. The number of aromatic hydroxyl groups is 1. The van der Waals surface area contributed by atoms with E-state index in [-0.39, 0.29) is 23.8 Å². The summed E-state index contributed by atoms with van der Waals surface area (Å²) in [5.41, 5.74) is 2.27. The molecule has 0 aliphatic rings. The second-order valence-corrected chi connectivity index (χ2v) is 8.97. The van der Waals surface area contributed by atoms with Crippen LogP contribution in [-0.4, -0.2) is 59.1 Å². The molecule has 36 heavy (non-hydrogen) atoms. The Labute approximate surface area is 213 Å². The summed E-state index contributed by atoms with van der Waals surface area (Å²) < 4.78 is 4.79. The number of thiophene rings is 1. The maximum Gasteiger partial charge on any atom is 0.330 e. The average molecular weight is 512 g/mol. The topological polar surface area (TPSA) is 143 Å². The summed E-state index contributed by atoms with van der Waals surface area (Å²) in [6.07, 6.45) is 1.65. The van der Waals surface area contributed by atoms with Gasteiger partial charge in [0, 0.05) is 13.1 Å². The number of hydrogen-bond donors (Lipinski definition) is 4. The van der Waals surface area contributed by atoms with Gasteiger partial charge in [-0.25, -0.2) is 14.8 Å². The van der Waals surface area contributed by atoms with Gasteiger partial charge in [0.25, 0.3) is 11.8 Å². The van der Waals surface area contributed by atoms with Gasteiger partial charge in [0.05, 0.1) is 28.9 Å². The molecule has 2 amide bonds. The van der Waals surface area contributed by atoms with E-state index >= 15 is 0 Å². The summed E-state index contributed by atoms with van der Waals surface area (Å²) in [6, 6.07) is 9.40. The number of rotatable bonds is 11. The van der Waals surface area contributed by atoms with Gasteiger partial charge in [0.15, 0.2) is 0 Å². The molecule has 3 rings (SSSR count). The van der Waals surface area contributed by atoms with Crippen molar-refractivity contribution in [2.45, 2.75) is 32.7 Å². The Hall–Kier alpha value is -3.99. The summed E-state index contributed by atoms with van der Waals surface area (Å²) in [6.45, 7) is 3.88. The van der Waals surface area contributed by atoms with Crippen LogP contribution >= 0.6 is 11.3 Å². The highest BCUT2D eigenvalue weighted by atomic mass is 32.1. The zero-order valence-electron chi connectivity index (χ0n) is 20.3. The highest BCUT2D eigenvalue weighted by Crippen LogP contribution is 2.15. The maximum atomic E-state index is 13.0. The fraction of sp³-hybridized carbons (Fsp3) is 0.320. The molecule has 10 nitrogen and oxygen atoms in total. The first-order valence-electron chi connectivity index (χ1n) is 11.4. The minimum Gasteiger partial charge on any atom is -0.508 e. The molecule has 0 spiro atoms. The molecule has 0 saturated carbocycles. The van der Waals surface area contributed by atoms with Crippen LogP contribution in [0.15, 0.2) is 41.8 Å². The number of aryl methyl sites for hydroxylation is 3. The van der Waals surface area contributed by atoms with Crippen molar-refractivity contribution in [2.24, 2.45) is 0 Å². The van der Waals surface area contributed by atoms with Crippen molar-refractivity contribution in [1.29, 1.82) is 0 Å². The molecule has 0 fully saturated rings. The van der Waals surface area contributed by atoms with E-state index in [1.807, 2.05) is 12.1 Å². The number of ether oxygens (including phenoxy) is 1. The predicted molar refractivity (Wildman–Crippen MR) is 136 cm³/mol. The lowest BCUT2D eigenvalue weighted by molar-refractivity contribution is -0.142. The molecular weight excluding hydrogens is 482 g/mol. The van der Waals surface area contributed by atoms with Crippen molar-refractivity contribution >= 4 is 35.1 Å². The van der Waals surface area contributed by atoms with Crippen molar-refractivity contribution in [3.8, 4) is 5.75 Å². The van der Waals surface area contributed by atoms with E-state index in [4.69, 9.17) is 4.74 Å². The quantitative estimate of drug-likeness (QED) is 0.227. The molecule has 0 bridgehead atoms. The lowest BCUT2D eigenvalue weighted by Gasteiger charge is -2.18. The summed E-state index contributed by atoms with van der Waals surface area (Å²) in [5.74, 6) is -0.923. The molecule has 190 valence electrons. The zero-order valence-corrected chi connectivity index (χ0v) is 21.1. The van der Waals surface area contributed by atoms with E-state index in [1.54, 1.807) is 43.5 Å². The molecule has 11 heteroatoms. The van der Waals surface area contributed by atoms with Crippen molar-refractivity contribution < 1.29 is 24.2 Å². The Morgan fingerprint density at radius 2 is 1.75 bits per heavy atom. The third-order valence-corrected chi connectivity index (χ3v) is 6.23. The second kappa shape index (κ2) is 12.6. The standard InChI is InChI=1S/C25H29N5O5S/c1-15-21(16(2)29-25(28-15)26-12-4-6-17-8-10-18(31)11-9-17)23(33)30-19(24(34)35-3)14-27-22(32)20-7-5-13-36-20/h5,7-11,13,19,31H,4,6,12,14H2,1-3H3,(H,27,32)(H,30,33)(H,26,28,29). The van der Waals surface area contributed by atoms with Crippen molar-refractivity contribution in [3.63, 3.8) is 0 Å². The van der Waals surface area contributed by atoms with Crippen molar-refractivity contribution in [3.05, 3.63) is 69.2 Å². The van der Waals surface area contributed by atoms with Crippen LogP contribution < -0.4 is 16.0 Å². The highest BCUT2D eigenvalue weighted by Gasteiger charge is 2.25. The van der Waals surface area contributed by atoms with Gasteiger partial charge < -0.3 is 25.8 Å². The first kappa shape index (κ1) is 26.6. The Morgan fingerprint density at radius 3 is 2.36 bits per heavy atom. The number of carbonyl (C=O) groups is 3. The molecule has 1 unspecified atom stereocenters. The van der Waals surface area contributed by atoms with Gasteiger partial charge in [-0.15, -0.1) is 11.3 Å². The molecule has 1 atom stereocenters. The van der Waals surface area contributed by atoms with Gasteiger partial charge >= 0.3 is 5.97 Å². The van der Waals surface area contributed by atoms with Crippen LogP contribution in [-0.2, 0) is 16.0 Å². The van der Waals surface area contributed by atoms with Gasteiger partial charge in [-0.05, 0) is 55.8 Å². The van der Waals surface area contributed by atoms with Crippen LogP contribution in [0.2, 0.25) is 0 Å². The van der Waals surface area contributed by atoms with Crippen molar-refractivity contribution in [2.75, 3.05) is 25.5 Å². The summed E-state index contributed by atoms with van der Waals surface area (Å²) in [5, 5.41) is 19.6. The number of hydrogen-bond acceptors (Lipinski definition) is 9. The normalized spacial score (nSPS) is 11.4. The molecule has 4 N–H and O–H groups in total. The molecule has 3 aromatic rings. The SMILES string of the molecule is COC(=O)C(CNC(=O)c1cccs1)NC(=O)c1c(C)nc(NCCCc2ccc(O)cc2)nc1C. The number of anilines is 1. The Kier molecular flexibility index (Phi) is 9.34. The fourth-order valence-electron chi connectivity index (χ4n) is 3.53. The van der Waals surface area contributed by atoms with E-state index in [0.29, 0.717) is 28.8 Å². The van der Waals surface area contributed by atoms with E-state index in [1.165, 1.54) is 18.4 Å². The van der Waals surface area contributed by atoms with Gasteiger partial charge in [0.2, 0.25) is 5.95 Å². The fourth-order valence-corrected chi connectivity index (χ4v) is 4.17. The van der Waals surface area contributed by atoms with Crippen LogP contribution in [0.3, 0.4) is 0 Å². The minimum atomic E-state index is -1.08. The molecule has 0 aliphatic heterocycles. The van der Waals surface area contributed by atoms with Crippen LogP contribution in [0.4, 0.5) is 5.95 Å². The van der Waals surface area contributed by atoms with Crippen LogP contribution in [0, 0.1) is 13.8 Å². The van der Waals surface area contributed by atoms with Crippen LogP contribution in [0.1, 0.15) is 43.4 Å². The number of carbonyl (C=O) groups excluding carboxylic acids is 3. The van der Waals surface area contributed by atoms with E-state index in [9.17, 15) is 19.5 Å². The van der Waals surface area contributed by atoms with E-state index in [2.05, 4.69) is 25.9 Å². The third-order valence-electron chi connectivity index (χ3n) is 5.36. The van der Waals surface area contributed by atoms with Gasteiger partial charge in [-0.3, -0.25) is 9.59 Å². The Bertz CT molecular complexity index is 1180. The number of amides is 2. The van der Waals surface area contributed by atoms with Crippen LogP contribution in [0.5, 0.6) is 5.75 Å². The maximum absolute atomic E-state index is 13.0. The summed E-state index contributed by atoms with van der Waals surface area (Å²) >= 11 is 1.27. The molecule has 2 heterocycles. The van der Waals surface area contributed by atoms with Crippen molar-refractivity contribution in [1.82, 2.24) is 20.6 Å². The minimum absolute atomic E-state index is 0.130. The lowest BCUT2D eigenvalue weighted by Crippen LogP contribution is -2.49. The Morgan fingerprint density at radius 1 is 1.06 bits per heavy atom. The molecule has 2 aromatic heterocycles. The number of benzene rings is 1. The monoisotopic (exact) mass is 511 g/mol. The molecule has 1 aromatic carbocycles. The van der Waals surface area contributed by atoms with Gasteiger partial charge in [-0.1, -0.05) is 18.2 Å². The smallest absolute Gasteiger partial charge is 0.330 e. The predicted octanol–water partition coefficient (Wildman–Crippen LogP) is 2.61. The summed E-state index contributed by atoms with van der Waals surface area (Å²) in [4.78, 5) is 46.7. The third kappa shape index (κ3) is 7.25. The molecule has 0 saturated heterocycles. The Balaban J connectivity index is 1.58. The highest BCUT2D eigenvalue weighted by molar-refractivity contribution is 7.12. The summed E-state index contributed by atoms with van der Waals surface area (Å²) in [7, 11) is 1.21. The molecule has 0 aliphatic carbocycles. The number of methoxy groups -OCH3 is 1. The molecule has 0 radical (unpaired) electrons. The van der Waals surface area contributed by atoms with Gasteiger partial charge in [0.1, 0.15) is 11.8 Å². The number of esters is 1. The first-order chi connectivity index (χ1) is 17.3. The first-order valence-corrected chi connectivity index (χ1v) is 12.2. The number of phenolic OH excluding ortho intramolecular Hbond substituents is 1. The number of nitrogens with one attached hydrogen (secondary N) is 3. The molecular formula is C25H29N5O5S. The largest absolute Gasteiger partial charge is 0.508 e. The average Bonchev–Trinajstić information content (AvgIpc) is 3.39. The number of nitrogens with zero attached hydrogens (tertiary/aromatic N) is 2. The van der Waals surface area contributed by atoms with Gasteiger partial charge in [-0.2, -0.15) is 0 Å². The zero-order chi connectivity index (χ0) is 26.1. The second-order valence-electron chi connectivity index (χ2n) is 8.03. The van der Waals surface area contributed by atoms with E-state index in [0.717, 1.165) is 18.4 Å². The number of phenols is 1. The van der Waals surface area contributed by atoms with E-state index < -0.39 is 17.9 Å². The van der Waals surface area contributed by atoms with Crippen LogP contribution in [0.25, 0.3) is 0 Å².